The standard InChI is InChI=1S/C21H28N4O3.HI/c1-26-18-6-4-5-17(13-18)24-21(22)23-8-10-25-9-7-15-11-19(27-2)20(28-3)12-16(15)14-25;/h4-6,11-13H,7-10,14H2,1-3H3,(H3,22,23,24);1H. The van der Waals surface area contributed by atoms with Crippen LogP contribution in [0.2, 0.25) is 0 Å². The van der Waals surface area contributed by atoms with Gasteiger partial charge in [0.2, 0.25) is 0 Å². The van der Waals surface area contributed by atoms with Crippen LogP contribution in [-0.2, 0) is 13.0 Å². The van der Waals surface area contributed by atoms with Crippen molar-refractivity contribution in [2.24, 2.45) is 10.7 Å². The first-order chi connectivity index (χ1) is 13.6. The lowest BCUT2D eigenvalue weighted by atomic mass is 9.99. The molecule has 29 heavy (non-hydrogen) atoms. The van der Waals surface area contributed by atoms with Gasteiger partial charge in [-0.3, -0.25) is 9.89 Å². The fraction of sp³-hybridized carbons (Fsp3) is 0.381. The zero-order chi connectivity index (χ0) is 19.9. The van der Waals surface area contributed by atoms with E-state index in [-0.39, 0.29) is 24.0 Å². The van der Waals surface area contributed by atoms with Crippen LogP contribution in [0, 0.1) is 0 Å². The van der Waals surface area contributed by atoms with Gasteiger partial charge in [0.15, 0.2) is 17.5 Å². The van der Waals surface area contributed by atoms with E-state index in [0.717, 1.165) is 49.0 Å². The topological polar surface area (TPSA) is 81.3 Å². The van der Waals surface area contributed by atoms with Gasteiger partial charge in [-0.2, -0.15) is 0 Å². The first-order valence-corrected chi connectivity index (χ1v) is 9.30. The van der Waals surface area contributed by atoms with Crippen molar-refractivity contribution in [1.82, 2.24) is 4.90 Å². The summed E-state index contributed by atoms with van der Waals surface area (Å²) in [5.41, 5.74) is 9.45. The van der Waals surface area contributed by atoms with Crippen LogP contribution in [0.5, 0.6) is 17.2 Å². The molecule has 0 saturated carbocycles. The van der Waals surface area contributed by atoms with Crippen LogP contribution < -0.4 is 25.3 Å². The summed E-state index contributed by atoms with van der Waals surface area (Å²) in [6.07, 6.45) is 0.983. The Morgan fingerprint density at radius 3 is 2.48 bits per heavy atom. The van der Waals surface area contributed by atoms with Gasteiger partial charge in [-0.25, -0.2) is 0 Å². The molecule has 0 bridgehead atoms. The summed E-state index contributed by atoms with van der Waals surface area (Å²) in [5.74, 6) is 2.73. The molecule has 7 nitrogen and oxygen atoms in total. The highest BCUT2D eigenvalue weighted by Gasteiger charge is 2.19. The fourth-order valence-corrected chi connectivity index (χ4v) is 3.33. The largest absolute Gasteiger partial charge is 0.497 e. The molecule has 2 aromatic carbocycles. The van der Waals surface area contributed by atoms with E-state index in [1.807, 2.05) is 24.3 Å². The maximum absolute atomic E-state index is 6.01. The number of nitrogens with two attached hydrogens (primary N) is 1. The summed E-state index contributed by atoms with van der Waals surface area (Å²) in [6, 6.07) is 11.8. The van der Waals surface area contributed by atoms with Crippen molar-refractivity contribution in [3.63, 3.8) is 0 Å². The van der Waals surface area contributed by atoms with Gasteiger partial charge in [0, 0.05) is 31.4 Å². The van der Waals surface area contributed by atoms with Gasteiger partial charge in [-0.05, 0) is 41.8 Å². The van der Waals surface area contributed by atoms with Crippen molar-refractivity contribution in [2.45, 2.75) is 13.0 Å². The highest BCUT2D eigenvalue weighted by Crippen LogP contribution is 2.33. The third kappa shape index (κ3) is 6.14. The summed E-state index contributed by atoms with van der Waals surface area (Å²) in [6.45, 7) is 3.33. The number of ether oxygens (including phenoxy) is 3. The third-order valence-electron chi connectivity index (χ3n) is 4.84. The summed E-state index contributed by atoms with van der Waals surface area (Å²) in [5, 5.41) is 3.10. The molecule has 0 fully saturated rings. The molecule has 0 aromatic heterocycles. The summed E-state index contributed by atoms with van der Waals surface area (Å²) >= 11 is 0. The highest BCUT2D eigenvalue weighted by molar-refractivity contribution is 14.0. The van der Waals surface area contributed by atoms with Crippen LogP contribution >= 0.6 is 24.0 Å². The van der Waals surface area contributed by atoms with Crippen molar-refractivity contribution < 1.29 is 14.2 Å². The van der Waals surface area contributed by atoms with Gasteiger partial charge in [-0.1, -0.05) is 6.07 Å². The number of hydrogen-bond acceptors (Lipinski definition) is 5. The second kappa shape index (κ2) is 11.1. The lowest BCUT2D eigenvalue weighted by Crippen LogP contribution is -2.33. The minimum Gasteiger partial charge on any atom is -0.497 e. The van der Waals surface area contributed by atoms with Crippen molar-refractivity contribution in [3.05, 3.63) is 47.5 Å². The Morgan fingerprint density at radius 1 is 1.07 bits per heavy atom. The Balaban J connectivity index is 0.00000300. The zero-order valence-corrected chi connectivity index (χ0v) is 19.4. The maximum atomic E-state index is 6.01. The van der Waals surface area contributed by atoms with Crippen LogP contribution in [-0.4, -0.2) is 51.8 Å². The predicted molar refractivity (Wildman–Crippen MR) is 127 cm³/mol. The fourth-order valence-electron chi connectivity index (χ4n) is 3.33. The number of fused-ring (bicyclic) bond motifs is 1. The molecule has 3 rings (SSSR count). The van der Waals surface area contributed by atoms with Crippen LogP contribution in [0.3, 0.4) is 0 Å². The third-order valence-corrected chi connectivity index (χ3v) is 4.84. The van der Waals surface area contributed by atoms with Crippen molar-refractivity contribution in [3.8, 4) is 17.2 Å². The van der Waals surface area contributed by atoms with Crippen LogP contribution in [0.15, 0.2) is 41.4 Å². The molecule has 158 valence electrons. The second-order valence-corrected chi connectivity index (χ2v) is 6.63. The van der Waals surface area contributed by atoms with Gasteiger partial charge >= 0.3 is 0 Å². The van der Waals surface area contributed by atoms with E-state index < -0.39 is 0 Å². The number of methoxy groups -OCH3 is 3. The molecular formula is C21H29IN4O3. The molecule has 2 aromatic rings. The molecule has 0 radical (unpaired) electrons. The van der Waals surface area contributed by atoms with Gasteiger partial charge in [0.25, 0.3) is 0 Å². The zero-order valence-electron chi connectivity index (χ0n) is 17.1. The second-order valence-electron chi connectivity index (χ2n) is 6.63. The summed E-state index contributed by atoms with van der Waals surface area (Å²) < 4.78 is 16.0. The molecule has 1 aliphatic rings. The number of rotatable bonds is 7. The number of guanidine groups is 1. The predicted octanol–water partition coefficient (Wildman–Crippen LogP) is 3.12. The van der Waals surface area contributed by atoms with E-state index in [9.17, 15) is 0 Å². The summed E-state index contributed by atoms with van der Waals surface area (Å²) in [7, 11) is 4.97. The van der Waals surface area contributed by atoms with Crippen molar-refractivity contribution in [2.75, 3.05) is 46.3 Å². The van der Waals surface area contributed by atoms with Gasteiger partial charge in [0.05, 0.1) is 27.9 Å². The average Bonchev–Trinajstić information content (AvgIpc) is 2.72. The maximum Gasteiger partial charge on any atom is 0.193 e. The normalized spacial score (nSPS) is 13.8. The van der Waals surface area contributed by atoms with Gasteiger partial charge < -0.3 is 25.3 Å². The van der Waals surface area contributed by atoms with E-state index in [1.165, 1.54) is 11.1 Å². The number of nitrogens with one attached hydrogen (secondary N) is 1. The SMILES string of the molecule is COc1cccc(NC(N)=NCCN2CCc3cc(OC)c(OC)cc3C2)c1.I. The number of nitrogens with zero attached hydrogens (tertiary/aromatic N) is 2. The molecular weight excluding hydrogens is 483 g/mol. The van der Waals surface area contributed by atoms with E-state index in [4.69, 9.17) is 19.9 Å². The first-order valence-electron chi connectivity index (χ1n) is 9.30. The van der Waals surface area contributed by atoms with Crippen LogP contribution in [0.4, 0.5) is 5.69 Å². The highest BCUT2D eigenvalue weighted by atomic mass is 127. The molecule has 8 heteroatoms. The Kier molecular flexibility index (Phi) is 8.84. The first kappa shape index (κ1) is 23.1. The minimum atomic E-state index is 0. The molecule has 0 saturated heterocycles. The number of halogens is 1. The minimum absolute atomic E-state index is 0. The molecule has 0 amide bonds. The number of aliphatic imine (C=N–C) groups is 1. The van der Waals surface area contributed by atoms with E-state index >= 15 is 0 Å². The quantitative estimate of drug-likeness (QED) is 0.337. The van der Waals surface area contributed by atoms with E-state index in [0.29, 0.717) is 12.5 Å². The van der Waals surface area contributed by atoms with E-state index in [2.05, 4.69) is 27.3 Å². The smallest absolute Gasteiger partial charge is 0.193 e. The molecule has 1 heterocycles. The molecule has 3 N–H and O–H groups in total. The Morgan fingerprint density at radius 2 is 1.79 bits per heavy atom. The molecule has 0 atom stereocenters. The molecule has 0 spiro atoms. The average molecular weight is 512 g/mol. The van der Waals surface area contributed by atoms with Crippen molar-refractivity contribution in [1.29, 1.82) is 0 Å². The number of anilines is 1. The lowest BCUT2D eigenvalue weighted by molar-refractivity contribution is 0.260. The molecule has 1 aliphatic heterocycles. The van der Waals surface area contributed by atoms with Gasteiger partial charge in [-0.15, -0.1) is 24.0 Å². The number of benzene rings is 2. The van der Waals surface area contributed by atoms with Crippen molar-refractivity contribution >= 4 is 35.6 Å². The van der Waals surface area contributed by atoms with Gasteiger partial charge in [0.1, 0.15) is 5.75 Å². The monoisotopic (exact) mass is 512 g/mol. The lowest BCUT2D eigenvalue weighted by Gasteiger charge is -2.29. The Labute approximate surface area is 189 Å². The van der Waals surface area contributed by atoms with E-state index in [1.54, 1.807) is 21.3 Å². The summed E-state index contributed by atoms with van der Waals surface area (Å²) in [4.78, 5) is 6.81. The Bertz CT molecular complexity index is 845. The number of hydrogen-bond donors (Lipinski definition) is 2. The molecule has 0 unspecified atom stereocenters. The Hall–Kier alpha value is -2.20. The molecule has 0 aliphatic carbocycles. The van der Waals surface area contributed by atoms with Crippen LogP contribution in [0.25, 0.3) is 0 Å². The van der Waals surface area contributed by atoms with Crippen LogP contribution in [0.1, 0.15) is 11.1 Å².